The fourth-order valence-corrected chi connectivity index (χ4v) is 1.09. The van der Waals surface area contributed by atoms with Crippen molar-refractivity contribution < 1.29 is 9.53 Å². The Balaban J connectivity index is 3.82. The normalized spacial score (nSPS) is 13.8. The molecule has 0 aromatic carbocycles. The van der Waals surface area contributed by atoms with E-state index in [9.17, 15) is 4.79 Å². The molecular formula is C11H23NO2. The Morgan fingerprint density at radius 2 is 2.07 bits per heavy atom. The standard InChI is InChI=1S/C11H23NO2/c1-6-9(2)14-8-7-11(3,4)10(13)12-5/h9H,6-8H2,1-5H3,(H,12,13). The van der Waals surface area contributed by atoms with Crippen LogP contribution in [-0.4, -0.2) is 25.7 Å². The van der Waals surface area contributed by atoms with Crippen molar-refractivity contribution >= 4 is 5.91 Å². The average molecular weight is 201 g/mol. The molecule has 0 saturated carbocycles. The van der Waals surface area contributed by atoms with Gasteiger partial charge in [-0.05, 0) is 19.8 Å². The van der Waals surface area contributed by atoms with Gasteiger partial charge in [0.25, 0.3) is 0 Å². The molecule has 1 unspecified atom stereocenters. The summed E-state index contributed by atoms with van der Waals surface area (Å²) >= 11 is 0. The molecule has 0 aliphatic rings. The number of carbonyl (C=O) groups is 1. The molecule has 0 spiro atoms. The lowest BCUT2D eigenvalue weighted by Gasteiger charge is -2.23. The van der Waals surface area contributed by atoms with Crippen molar-refractivity contribution in [2.24, 2.45) is 5.41 Å². The van der Waals surface area contributed by atoms with E-state index < -0.39 is 0 Å². The number of hydrogen-bond donors (Lipinski definition) is 1. The number of hydrogen-bond acceptors (Lipinski definition) is 2. The first kappa shape index (κ1) is 13.4. The second-order valence-corrected chi connectivity index (χ2v) is 4.30. The second-order valence-electron chi connectivity index (χ2n) is 4.30. The van der Waals surface area contributed by atoms with E-state index in [1.807, 2.05) is 20.8 Å². The summed E-state index contributed by atoms with van der Waals surface area (Å²) in [6.07, 6.45) is 2.06. The predicted octanol–water partition coefficient (Wildman–Crippen LogP) is 1.96. The highest BCUT2D eigenvalue weighted by molar-refractivity contribution is 5.81. The molecule has 0 radical (unpaired) electrons. The monoisotopic (exact) mass is 201 g/mol. The number of rotatable bonds is 6. The van der Waals surface area contributed by atoms with E-state index >= 15 is 0 Å². The van der Waals surface area contributed by atoms with Crippen LogP contribution in [0, 0.1) is 5.41 Å². The molecule has 0 aromatic heterocycles. The Labute approximate surface area is 87.2 Å². The zero-order valence-corrected chi connectivity index (χ0v) is 10.0. The first-order chi connectivity index (χ1) is 6.44. The third-order valence-corrected chi connectivity index (χ3v) is 2.55. The van der Waals surface area contributed by atoms with Crippen molar-refractivity contribution in [1.82, 2.24) is 5.32 Å². The van der Waals surface area contributed by atoms with Gasteiger partial charge in [-0.15, -0.1) is 0 Å². The lowest BCUT2D eigenvalue weighted by molar-refractivity contribution is -0.130. The van der Waals surface area contributed by atoms with Gasteiger partial charge in [0.2, 0.25) is 5.91 Å². The van der Waals surface area contributed by atoms with E-state index in [0.29, 0.717) is 6.61 Å². The molecule has 0 rings (SSSR count). The first-order valence-electron chi connectivity index (χ1n) is 5.27. The molecule has 0 aromatic rings. The van der Waals surface area contributed by atoms with Crippen LogP contribution in [-0.2, 0) is 9.53 Å². The van der Waals surface area contributed by atoms with Gasteiger partial charge in [0.1, 0.15) is 0 Å². The number of nitrogens with one attached hydrogen (secondary N) is 1. The molecular weight excluding hydrogens is 178 g/mol. The van der Waals surface area contributed by atoms with Crippen LogP contribution in [0.4, 0.5) is 0 Å². The van der Waals surface area contributed by atoms with Gasteiger partial charge >= 0.3 is 0 Å². The van der Waals surface area contributed by atoms with Crippen LogP contribution in [0.3, 0.4) is 0 Å². The molecule has 0 heterocycles. The molecule has 1 amide bonds. The van der Waals surface area contributed by atoms with Crippen LogP contribution >= 0.6 is 0 Å². The maximum Gasteiger partial charge on any atom is 0.225 e. The molecule has 0 aliphatic heterocycles. The molecule has 0 bridgehead atoms. The van der Waals surface area contributed by atoms with Crippen molar-refractivity contribution in [3.63, 3.8) is 0 Å². The van der Waals surface area contributed by atoms with Gasteiger partial charge < -0.3 is 10.1 Å². The third-order valence-electron chi connectivity index (χ3n) is 2.55. The van der Waals surface area contributed by atoms with E-state index in [1.165, 1.54) is 0 Å². The van der Waals surface area contributed by atoms with Crippen LogP contribution in [0.1, 0.15) is 40.5 Å². The summed E-state index contributed by atoms with van der Waals surface area (Å²) in [5, 5.41) is 2.66. The first-order valence-corrected chi connectivity index (χ1v) is 5.27. The minimum absolute atomic E-state index is 0.0743. The van der Waals surface area contributed by atoms with Gasteiger partial charge in [0.05, 0.1) is 6.10 Å². The number of amides is 1. The van der Waals surface area contributed by atoms with Crippen LogP contribution in [0.2, 0.25) is 0 Å². The van der Waals surface area contributed by atoms with Gasteiger partial charge in [-0.2, -0.15) is 0 Å². The summed E-state index contributed by atoms with van der Waals surface area (Å²) in [5.41, 5.74) is -0.331. The fraction of sp³-hybridized carbons (Fsp3) is 0.909. The topological polar surface area (TPSA) is 38.3 Å². The Morgan fingerprint density at radius 1 is 1.50 bits per heavy atom. The SMILES string of the molecule is CCC(C)OCCC(C)(C)C(=O)NC. The maximum absolute atomic E-state index is 11.4. The van der Waals surface area contributed by atoms with E-state index in [-0.39, 0.29) is 17.4 Å². The largest absolute Gasteiger partial charge is 0.378 e. The van der Waals surface area contributed by atoms with Gasteiger partial charge in [0.15, 0.2) is 0 Å². The van der Waals surface area contributed by atoms with Crippen molar-refractivity contribution in [1.29, 1.82) is 0 Å². The number of ether oxygens (including phenoxy) is 1. The lowest BCUT2D eigenvalue weighted by atomic mass is 9.89. The summed E-state index contributed by atoms with van der Waals surface area (Å²) in [6.45, 7) is 8.66. The van der Waals surface area contributed by atoms with Gasteiger partial charge in [-0.25, -0.2) is 0 Å². The van der Waals surface area contributed by atoms with E-state index in [0.717, 1.165) is 12.8 Å². The summed E-state index contributed by atoms with van der Waals surface area (Å²) in [4.78, 5) is 11.4. The molecule has 0 fully saturated rings. The van der Waals surface area contributed by atoms with Crippen molar-refractivity contribution in [3.05, 3.63) is 0 Å². The number of carbonyl (C=O) groups excluding carboxylic acids is 1. The highest BCUT2D eigenvalue weighted by atomic mass is 16.5. The van der Waals surface area contributed by atoms with E-state index in [2.05, 4.69) is 12.2 Å². The van der Waals surface area contributed by atoms with Crippen molar-refractivity contribution in [3.8, 4) is 0 Å². The van der Waals surface area contributed by atoms with Crippen LogP contribution in [0.15, 0.2) is 0 Å². The second kappa shape index (κ2) is 6.02. The summed E-state index contributed by atoms with van der Waals surface area (Å²) in [5.74, 6) is 0.0743. The zero-order chi connectivity index (χ0) is 11.2. The molecule has 0 saturated heterocycles. The highest BCUT2D eigenvalue weighted by Gasteiger charge is 2.26. The Morgan fingerprint density at radius 3 is 2.50 bits per heavy atom. The van der Waals surface area contributed by atoms with E-state index in [4.69, 9.17) is 4.74 Å². The highest BCUT2D eigenvalue weighted by Crippen LogP contribution is 2.20. The molecule has 14 heavy (non-hydrogen) atoms. The summed E-state index contributed by atoms with van der Waals surface area (Å²) < 4.78 is 5.54. The Bertz CT molecular complexity index is 178. The maximum atomic E-state index is 11.4. The molecule has 1 N–H and O–H groups in total. The predicted molar refractivity (Wildman–Crippen MR) is 58.2 cm³/mol. The quantitative estimate of drug-likeness (QED) is 0.713. The Hall–Kier alpha value is -0.570. The van der Waals surface area contributed by atoms with Gasteiger partial charge in [-0.1, -0.05) is 20.8 Å². The fourth-order valence-electron chi connectivity index (χ4n) is 1.09. The third kappa shape index (κ3) is 4.61. The van der Waals surface area contributed by atoms with Crippen molar-refractivity contribution in [2.75, 3.05) is 13.7 Å². The van der Waals surface area contributed by atoms with Crippen LogP contribution < -0.4 is 5.32 Å². The van der Waals surface area contributed by atoms with Gasteiger partial charge in [-0.3, -0.25) is 4.79 Å². The summed E-state index contributed by atoms with van der Waals surface area (Å²) in [6, 6.07) is 0. The minimum Gasteiger partial charge on any atom is -0.378 e. The van der Waals surface area contributed by atoms with Gasteiger partial charge in [0, 0.05) is 19.1 Å². The Kier molecular flexibility index (Phi) is 5.77. The lowest BCUT2D eigenvalue weighted by Crippen LogP contribution is -2.35. The molecule has 3 heteroatoms. The summed E-state index contributed by atoms with van der Waals surface area (Å²) in [7, 11) is 1.67. The zero-order valence-electron chi connectivity index (χ0n) is 10.0. The molecule has 1 atom stereocenters. The van der Waals surface area contributed by atoms with E-state index in [1.54, 1.807) is 7.05 Å². The molecule has 84 valence electrons. The molecule has 0 aliphatic carbocycles. The van der Waals surface area contributed by atoms with Crippen LogP contribution in [0.5, 0.6) is 0 Å². The smallest absolute Gasteiger partial charge is 0.225 e. The van der Waals surface area contributed by atoms with Crippen LogP contribution in [0.25, 0.3) is 0 Å². The minimum atomic E-state index is -0.331. The van der Waals surface area contributed by atoms with Crippen molar-refractivity contribution in [2.45, 2.75) is 46.6 Å². The molecule has 3 nitrogen and oxygen atoms in total. The average Bonchev–Trinajstić information content (AvgIpc) is 2.15.